The molecule has 0 radical (unpaired) electrons. The molecule has 3 aliphatic rings. The van der Waals surface area contributed by atoms with E-state index in [1.165, 1.54) is 25.7 Å². The third-order valence-corrected chi connectivity index (χ3v) is 6.79. The molecule has 0 aromatic heterocycles. The summed E-state index contributed by atoms with van der Waals surface area (Å²) < 4.78 is 0. The van der Waals surface area contributed by atoms with Gasteiger partial charge in [0.05, 0.1) is 5.60 Å². The molecule has 3 rings (SSSR count). The van der Waals surface area contributed by atoms with Crippen molar-refractivity contribution in [2.45, 2.75) is 65.4 Å². The van der Waals surface area contributed by atoms with Gasteiger partial charge in [0, 0.05) is 0 Å². The number of hydrogen-bond acceptors (Lipinski definition) is 1. The first-order valence-corrected chi connectivity index (χ1v) is 7.03. The molecule has 1 N–H and O–H groups in total. The highest BCUT2D eigenvalue weighted by Crippen LogP contribution is 2.73. The molecule has 0 unspecified atom stereocenters. The van der Waals surface area contributed by atoms with E-state index in [9.17, 15) is 5.11 Å². The SMILES string of the molecule is C[C@H]1CC[C@@H]2C(C)(C)[C@@H]3C[C@@]21CC[C@@]3(C)O. The molecule has 3 saturated carbocycles. The Morgan fingerprint density at radius 2 is 1.69 bits per heavy atom. The monoisotopic (exact) mass is 222 g/mol. The van der Waals surface area contributed by atoms with E-state index in [1.807, 2.05) is 0 Å². The van der Waals surface area contributed by atoms with Crippen LogP contribution in [0.1, 0.15) is 59.8 Å². The summed E-state index contributed by atoms with van der Waals surface area (Å²) in [5.41, 5.74) is 0.542. The zero-order chi connectivity index (χ0) is 11.8. The Morgan fingerprint density at radius 1 is 1.00 bits per heavy atom. The summed E-state index contributed by atoms with van der Waals surface area (Å²) in [7, 11) is 0. The molecule has 0 heterocycles. The molecular formula is C15H26O. The predicted molar refractivity (Wildman–Crippen MR) is 66.1 cm³/mol. The lowest BCUT2D eigenvalue weighted by Gasteiger charge is -2.44. The molecule has 0 amide bonds. The molecule has 1 nitrogen and oxygen atoms in total. The molecule has 1 heteroatoms. The van der Waals surface area contributed by atoms with Gasteiger partial charge in [-0.2, -0.15) is 0 Å². The summed E-state index contributed by atoms with van der Waals surface area (Å²) in [6, 6.07) is 0. The van der Waals surface area contributed by atoms with Gasteiger partial charge in [0.25, 0.3) is 0 Å². The lowest BCUT2D eigenvalue weighted by atomic mass is 9.64. The van der Waals surface area contributed by atoms with Crippen molar-refractivity contribution < 1.29 is 5.11 Å². The topological polar surface area (TPSA) is 20.2 Å². The zero-order valence-electron chi connectivity index (χ0n) is 11.2. The maximum absolute atomic E-state index is 10.6. The van der Waals surface area contributed by atoms with Gasteiger partial charge in [-0.05, 0) is 67.6 Å². The van der Waals surface area contributed by atoms with Crippen LogP contribution in [0.15, 0.2) is 0 Å². The van der Waals surface area contributed by atoms with Crippen LogP contribution >= 0.6 is 0 Å². The van der Waals surface area contributed by atoms with E-state index in [1.54, 1.807) is 0 Å². The van der Waals surface area contributed by atoms with Crippen LogP contribution in [0, 0.1) is 28.6 Å². The lowest BCUT2D eigenvalue weighted by Crippen LogP contribution is -2.44. The fourth-order valence-corrected chi connectivity index (χ4v) is 5.88. The van der Waals surface area contributed by atoms with Gasteiger partial charge in [-0.3, -0.25) is 0 Å². The molecule has 0 aromatic rings. The van der Waals surface area contributed by atoms with E-state index in [4.69, 9.17) is 0 Å². The molecule has 1 spiro atoms. The second-order valence-electron chi connectivity index (χ2n) is 7.70. The molecule has 0 aromatic carbocycles. The van der Waals surface area contributed by atoms with Crippen LogP contribution in [0.3, 0.4) is 0 Å². The Labute approximate surface area is 99.6 Å². The van der Waals surface area contributed by atoms with Crippen molar-refractivity contribution in [1.29, 1.82) is 0 Å². The molecule has 16 heavy (non-hydrogen) atoms. The Bertz CT molecular complexity index is 313. The normalized spacial score (nSPS) is 58.7. The van der Waals surface area contributed by atoms with Gasteiger partial charge in [-0.25, -0.2) is 0 Å². The van der Waals surface area contributed by atoms with Gasteiger partial charge in [0.15, 0.2) is 0 Å². The maximum Gasteiger partial charge on any atom is 0.0653 e. The molecular weight excluding hydrogens is 196 g/mol. The Morgan fingerprint density at radius 3 is 2.38 bits per heavy atom. The smallest absolute Gasteiger partial charge is 0.0653 e. The quantitative estimate of drug-likeness (QED) is 0.664. The number of fused-ring (bicyclic) bond motifs is 1. The first kappa shape index (κ1) is 11.1. The summed E-state index contributed by atoms with van der Waals surface area (Å²) in [6.07, 6.45) is 6.41. The maximum atomic E-state index is 10.6. The van der Waals surface area contributed by atoms with Crippen LogP contribution in [-0.2, 0) is 0 Å². The molecule has 5 atom stereocenters. The lowest BCUT2D eigenvalue weighted by molar-refractivity contribution is -0.0717. The molecule has 3 fully saturated rings. The summed E-state index contributed by atoms with van der Waals surface area (Å²) in [4.78, 5) is 0. The van der Waals surface area contributed by atoms with Gasteiger partial charge in [-0.1, -0.05) is 20.8 Å². The van der Waals surface area contributed by atoms with E-state index in [0.29, 0.717) is 16.7 Å². The number of aliphatic hydroxyl groups is 1. The van der Waals surface area contributed by atoms with Crippen LogP contribution in [-0.4, -0.2) is 10.7 Å². The minimum atomic E-state index is -0.404. The van der Waals surface area contributed by atoms with Crippen LogP contribution in [0.5, 0.6) is 0 Å². The van der Waals surface area contributed by atoms with E-state index in [-0.39, 0.29) is 0 Å². The average molecular weight is 222 g/mol. The summed E-state index contributed by atoms with van der Waals surface area (Å²) in [5, 5.41) is 10.6. The predicted octanol–water partition coefficient (Wildman–Crippen LogP) is 3.61. The number of hydrogen-bond donors (Lipinski definition) is 1. The molecule has 0 aliphatic heterocycles. The van der Waals surface area contributed by atoms with Crippen LogP contribution in [0.25, 0.3) is 0 Å². The van der Waals surface area contributed by atoms with E-state index >= 15 is 0 Å². The largest absolute Gasteiger partial charge is 0.390 e. The summed E-state index contributed by atoms with van der Waals surface area (Å²) in [5.74, 6) is 2.29. The fraction of sp³-hybridized carbons (Fsp3) is 1.00. The van der Waals surface area contributed by atoms with Crippen molar-refractivity contribution in [3.63, 3.8) is 0 Å². The van der Waals surface area contributed by atoms with Crippen molar-refractivity contribution in [2.75, 3.05) is 0 Å². The Hall–Kier alpha value is -0.0400. The minimum Gasteiger partial charge on any atom is -0.390 e. The van der Waals surface area contributed by atoms with Crippen LogP contribution in [0.2, 0.25) is 0 Å². The molecule has 0 saturated heterocycles. The first-order chi connectivity index (χ1) is 7.31. The molecule has 2 bridgehead atoms. The van der Waals surface area contributed by atoms with E-state index in [2.05, 4.69) is 27.7 Å². The van der Waals surface area contributed by atoms with Crippen molar-refractivity contribution in [1.82, 2.24) is 0 Å². The van der Waals surface area contributed by atoms with Gasteiger partial charge < -0.3 is 5.11 Å². The van der Waals surface area contributed by atoms with Crippen molar-refractivity contribution in [2.24, 2.45) is 28.6 Å². The standard InChI is InChI=1S/C15H26O/c1-10-5-6-11-13(2,3)12-9-15(10,11)8-7-14(12,4)16/h10-12,16H,5-9H2,1-4H3/t10-,11+,12-,14+,15+/m0/s1. The summed E-state index contributed by atoms with van der Waals surface area (Å²) >= 11 is 0. The highest BCUT2D eigenvalue weighted by molar-refractivity contribution is 5.16. The zero-order valence-corrected chi connectivity index (χ0v) is 11.2. The van der Waals surface area contributed by atoms with E-state index in [0.717, 1.165) is 18.3 Å². The minimum absolute atomic E-state index is 0.352. The van der Waals surface area contributed by atoms with Crippen LogP contribution in [0.4, 0.5) is 0 Å². The average Bonchev–Trinajstić information content (AvgIpc) is 2.58. The van der Waals surface area contributed by atoms with Crippen molar-refractivity contribution in [3.05, 3.63) is 0 Å². The van der Waals surface area contributed by atoms with Crippen molar-refractivity contribution in [3.8, 4) is 0 Å². The van der Waals surface area contributed by atoms with Gasteiger partial charge in [-0.15, -0.1) is 0 Å². The second kappa shape index (κ2) is 2.85. The highest BCUT2D eigenvalue weighted by atomic mass is 16.3. The fourth-order valence-electron chi connectivity index (χ4n) is 5.88. The molecule has 92 valence electrons. The summed E-state index contributed by atoms with van der Waals surface area (Å²) in [6.45, 7) is 9.38. The highest BCUT2D eigenvalue weighted by Gasteiger charge is 2.67. The Balaban J connectivity index is 2.07. The van der Waals surface area contributed by atoms with Gasteiger partial charge in [0.1, 0.15) is 0 Å². The van der Waals surface area contributed by atoms with Gasteiger partial charge in [0.2, 0.25) is 0 Å². The van der Waals surface area contributed by atoms with E-state index < -0.39 is 5.60 Å². The van der Waals surface area contributed by atoms with Gasteiger partial charge >= 0.3 is 0 Å². The third-order valence-electron chi connectivity index (χ3n) is 6.79. The van der Waals surface area contributed by atoms with Crippen molar-refractivity contribution >= 4 is 0 Å². The second-order valence-corrected chi connectivity index (χ2v) is 7.70. The first-order valence-electron chi connectivity index (χ1n) is 7.03. The Kier molecular flexibility index (Phi) is 1.98. The van der Waals surface area contributed by atoms with Crippen LogP contribution < -0.4 is 0 Å². The molecule has 3 aliphatic carbocycles. The third kappa shape index (κ3) is 1.06. The number of rotatable bonds is 0.